The van der Waals surface area contributed by atoms with Crippen LogP contribution in [-0.2, 0) is 10.0 Å². The molecule has 0 amide bonds. The van der Waals surface area contributed by atoms with E-state index in [0.717, 1.165) is 45.4 Å². The second-order valence-electron chi connectivity index (χ2n) is 6.18. The molecule has 2 heterocycles. The molecule has 0 aromatic carbocycles. The maximum absolute atomic E-state index is 12.5. The van der Waals surface area contributed by atoms with E-state index >= 15 is 0 Å². The van der Waals surface area contributed by atoms with Gasteiger partial charge < -0.3 is 5.32 Å². The van der Waals surface area contributed by atoms with Crippen LogP contribution in [0.15, 0.2) is 0 Å². The molecule has 2 saturated heterocycles. The van der Waals surface area contributed by atoms with Crippen LogP contribution < -0.4 is 5.32 Å². The highest BCUT2D eigenvalue weighted by Crippen LogP contribution is 2.17. The first-order chi connectivity index (χ1) is 9.53. The Balaban J connectivity index is 1.85. The number of piperidine rings is 1. The summed E-state index contributed by atoms with van der Waals surface area (Å²) in [4.78, 5) is 2.40. The van der Waals surface area contributed by atoms with Gasteiger partial charge in [0, 0.05) is 32.2 Å². The molecule has 0 radical (unpaired) electrons. The minimum atomic E-state index is -3.07. The molecule has 6 heteroatoms. The van der Waals surface area contributed by atoms with Crippen LogP contribution in [0.3, 0.4) is 0 Å². The second kappa shape index (κ2) is 7.20. The van der Waals surface area contributed by atoms with Crippen molar-refractivity contribution in [2.24, 2.45) is 5.92 Å². The summed E-state index contributed by atoms with van der Waals surface area (Å²) in [5.74, 6) is 0.616. The summed E-state index contributed by atoms with van der Waals surface area (Å²) in [7, 11) is -3.07. The average molecular weight is 303 g/mol. The van der Waals surface area contributed by atoms with Gasteiger partial charge in [-0.3, -0.25) is 4.90 Å². The molecule has 2 aliphatic rings. The lowest BCUT2D eigenvalue weighted by Gasteiger charge is -2.37. The van der Waals surface area contributed by atoms with E-state index < -0.39 is 10.0 Å². The van der Waals surface area contributed by atoms with Gasteiger partial charge in [-0.05, 0) is 45.2 Å². The lowest BCUT2D eigenvalue weighted by atomic mass is 10.0. The highest BCUT2D eigenvalue weighted by atomic mass is 32.2. The molecule has 2 unspecified atom stereocenters. The molecule has 2 atom stereocenters. The van der Waals surface area contributed by atoms with E-state index in [1.165, 1.54) is 0 Å². The first-order valence-corrected chi connectivity index (χ1v) is 9.56. The molecule has 2 rings (SSSR count). The zero-order chi connectivity index (χ0) is 14.6. The summed E-state index contributed by atoms with van der Waals surface area (Å²) in [6.45, 7) is 9.35. The Kier molecular flexibility index (Phi) is 5.84. The van der Waals surface area contributed by atoms with Gasteiger partial charge in [0.05, 0.1) is 5.75 Å². The molecule has 2 fully saturated rings. The molecular weight excluding hydrogens is 274 g/mol. The van der Waals surface area contributed by atoms with Crippen molar-refractivity contribution in [3.8, 4) is 0 Å². The zero-order valence-corrected chi connectivity index (χ0v) is 13.7. The summed E-state index contributed by atoms with van der Waals surface area (Å²) < 4.78 is 26.7. The number of nitrogens with one attached hydrogen (secondary N) is 1. The summed E-state index contributed by atoms with van der Waals surface area (Å²) >= 11 is 0. The molecule has 5 nitrogen and oxygen atoms in total. The molecule has 1 N–H and O–H groups in total. The van der Waals surface area contributed by atoms with E-state index in [1.54, 1.807) is 4.31 Å². The Morgan fingerprint density at radius 3 is 2.50 bits per heavy atom. The summed E-state index contributed by atoms with van der Waals surface area (Å²) in [6.07, 6.45) is 3.27. The van der Waals surface area contributed by atoms with Crippen molar-refractivity contribution in [1.29, 1.82) is 0 Å². The van der Waals surface area contributed by atoms with E-state index in [-0.39, 0.29) is 0 Å². The number of hydrogen-bond acceptors (Lipinski definition) is 4. The van der Waals surface area contributed by atoms with Gasteiger partial charge in [-0.25, -0.2) is 8.42 Å². The van der Waals surface area contributed by atoms with Crippen molar-refractivity contribution in [3.05, 3.63) is 0 Å². The molecule has 118 valence electrons. The van der Waals surface area contributed by atoms with Crippen molar-refractivity contribution < 1.29 is 8.42 Å². The standard InChI is InChI=1S/C14H29N3O2S/c1-3-13(2)16-7-9-17(10-8-16)20(18,19)12-14-5-4-6-15-11-14/h13-15H,3-12H2,1-2H3. The maximum Gasteiger partial charge on any atom is 0.214 e. The van der Waals surface area contributed by atoms with Gasteiger partial charge in [0.1, 0.15) is 0 Å². The Hall–Kier alpha value is -0.170. The molecule has 0 bridgehead atoms. The van der Waals surface area contributed by atoms with Gasteiger partial charge in [0.25, 0.3) is 0 Å². The molecule has 0 spiro atoms. The lowest BCUT2D eigenvalue weighted by Crippen LogP contribution is -2.52. The molecule has 0 aliphatic carbocycles. The normalized spacial score (nSPS) is 28.4. The first-order valence-electron chi connectivity index (χ1n) is 7.95. The highest BCUT2D eigenvalue weighted by molar-refractivity contribution is 7.89. The SMILES string of the molecule is CCC(C)N1CCN(S(=O)(=O)CC2CCCNC2)CC1. The minimum Gasteiger partial charge on any atom is -0.316 e. The Labute approximate surface area is 123 Å². The molecule has 0 aromatic heterocycles. The molecule has 0 saturated carbocycles. The summed E-state index contributed by atoms with van der Waals surface area (Å²) in [5, 5.41) is 3.30. The van der Waals surface area contributed by atoms with Crippen molar-refractivity contribution in [1.82, 2.24) is 14.5 Å². The Bertz CT molecular complexity index is 385. The fourth-order valence-electron chi connectivity index (χ4n) is 3.15. The van der Waals surface area contributed by atoms with E-state index in [1.807, 2.05) is 0 Å². The quantitative estimate of drug-likeness (QED) is 0.814. The third kappa shape index (κ3) is 4.16. The molecule has 0 aromatic rings. The van der Waals surface area contributed by atoms with Crippen molar-refractivity contribution in [2.45, 2.75) is 39.2 Å². The smallest absolute Gasteiger partial charge is 0.214 e. The van der Waals surface area contributed by atoms with Crippen LogP contribution in [0.1, 0.15) is 33.1 Å². The van der Waals surface area contributed by atoms with Gasteiger partial charge in [0.15, 0.2) is 0 Å². The van der Waals surface area contributed by atoms with E-state index in [2.05, 4.69) is 24.1 Å². The van der Waals surface area contributed by atoms with Crippen LogP contribution >= 0.6 is 0 Å². The monoisotopic (exact) mass is 303 g/mol. The van der Waals surface area contributed by atoms with Gasteiger partial charge in [-0.15, -0.1) is 0 Å². The first kappa shape index (κ1) is 16.2. The predicted molar refractivity (Wildman–Crippen MR) is 82.3 cm³/mol. The van der Waals surface area contributed by atoms with Crippen LogP contribution in [0, 0.1) is 5.92 Å². The van der Waals surface area contributed by atoms with Gasteiger partial charge >= 0.3 is 0 Å². The van der Waals surface area contributed by atoms with Crippen LogP contribution in [0.4, 0.5) is 0 Å². The summed E-state index contributed by atoms with van der Waals surface area (Å²) in [5.41, 5.74) is 0. The third-order valence-corrected chi connectivity index (χ3v) is 6.77. The van der Waals surface area contributed by atoms with Crippen molar-refractivity contribution in [3.63, 3.8) is 0 Å². The van der Waals surface area contributed by atoms with Crippen molar-refractivity contribution >= 4 is 10.0 Å². The Morgan fingerprint density at radius 2 is 1.95 bits per heavy atom. The third-order valence-electron chi connectivity index (χ3n) is 4.73. The molecule has 20 heavy (non-hydrogen) atoms. The van der Waals surface area contributed by atoms with E-state index in [4.69, 9.17) is 0 Å². The highest BCUT2D eigenvalue weighted by Gasteiger charge is 2.30. The Morgan fingerprint density at radius 1 is 1.25 bits per heavy atom. The van der Waals surface area contributed by atoms with E-state index in [0.29, 0.717) is 30.8 Å². The number of piperazine rings is 1. The van der Waals surface area contributed by atoms with Crippen LogP contribution in [0.25, 0.3) is 0 Å². The van der Waals surface area contributed by atoms with Gasteiger partial charge in [-0.1, -0.05) is 6.92 Å². The van der Waals surface area contributed by atoms with Crippen LogP contribution in [-0.4, -0.2) is 68.7 Å². The fourth-order valence-corrected chi connectivity index (χ4v) is 4.96. The van der Waals surface area contributed by atoms with Crippen molar-refractivity contribution in [2.75, 3.05) is 45.0 Å². The van der Waals surface area contributed by atoms with E-state index in [9.17, 15) is 8.42 Å². The predicted octanol–water partition coefficient (Wildman–Crippen LogP) is 0.732. The maximum atomic E-state index is 12.5. The minimum absolute atomic E-state index is 0.293. The number of rotatable bonds is 5. The summed E-state index contributed by atoms with van der Waals surface area (Å²) in [6, 6.07) is 0.558. The van der Waals surface area contributed by atoms with Gasteiger partial charge in [-0.2, -0.15) is 4.31 Å². The zero-order valence-electron chi connectivity index (χ0n) is 12.8. The average Bonchev–Trinajstić information content (AvgIpc) is 2.47. The molecule has 2 aliphatic heterocycles. The van der Waals surface area contributed by atoms with Crippen LogP contribution in [0.2, 0.25) is 0 Å². The second-order valence-corrected chi connectivity index (χ2v) is 8.20. The topological polar surface area (TPSA) is 52.7 Å². The number of hydrogen-bond donors (Lipinski definition) is 1. The van der Waals surface area contributed by atoms with Gasteiger partial charge in [0.2, 0.25) is 10.0 Å². The largest absolute Gasteiger partial charge is 0.316 e. The fraction of sp³-hybridized carbons (Fsp3) is 1.00. The number of sulfonamides is 1. The lowest BCUT2D eigenvalue weighted by molar-refractivity contribution is 0.142. The molecular formula is C14H29N3O2S. The van der Waals surface area contributed by atoms with Crippen LogP contribution in [0.5, 0.6) is 0 Å². The number of nitrogens with zero attached hydrogens (tertiary/aromatic N) is 2.